The maximum absolute atomic E-state index is 10.1. The van der Waals surface area contributed by atoms with Crippen molar-refractivity contribution < 1.29 is 24.4 Å². The van der Waals surface area contributed by atoms with Gasteiger partial charge in [-0.1, -0.05) is 0 Å². The molecule has 0 aliphatic carbocycles. The van der Waals surface area contributed by atoms with E-state index in [0.29, 0.717) is 40.0 Å². The zero-order chi connectivity index (χ0) is 37.9. The topological polar surface area (TPSA) is 90.9 Å². The van der Waals surface area contributed by atoms with Crippen LogP contribution in [0.1, 0.15) is 71.1 Å². The molecule has 18 saturated heterocycles. The summed E-state index contributed by atoms with van der Waals surface area (Å²) >= 11 is 10.4. The summed E-state index contributed by atoms with van der Waals surface area (Å²) in [4.78, 5) is 12.4. The van der Waals surface area contributed by atoms with Gasteiger partial charge < -0.3 is 48.9 Å². The Morgan fingerprint density at radius 2 is 0.786 bits per heavy atom. The molecule has 18 aliphatic heterocycles. The number of piperidine rings is 15. The Bertz CT molecular complexity index is 1230. The molecule has 2 N–H and O–H groups in total. The van der Waals surface area contributed by atoms with Crippen molar-refractivity contribution in [2.75, 3.05) is 129 Å². The lowest BCUT2D eigenvalue weighted by atomic mass is 9.76. The van der Waals surface area contributed by atoms with Crippen LogP contribution < -0.4 is 0 Å². The number of halogens is 1. The van der Waals surface area contributed by atoms with Gasteiger partial charge in [-0.3, -0.25) is 0 Å². The van der Waals surface area contributed by atoms with Crippen LogP contribution in [0, 0.1) is 29.6 Å². The van der Waals surface area contributed by atoms with E-state index in [-0.39, 0.29) is 18.0 Å². The van der Waals surface area contributed by atoms with Crippen molar-refractivity contribution >= 4 is 49.4 Å². The highest BCUT2D eigenvalue weighted by Gasteiger charge is 2.57. The molecule has 10 bridgehead atoms. The van der Waals surface area contributed by atoms with Gasteiger partial charge in [-0.2, -0.15) is 25.3 Å². The van der Waals surface area contributed by atoms with E-state index in [2.05, 4.69) is 56.7 Å². The predicted octanol–water partition coefficient (Wildman–Crippen LogP) is 3.69. The number of ether oxygens (including phenoxy) is 3. The fourth-order valence-corrected chi connectivity index (χ4v) is 14.7. The molecule has 10 nitrogen and oxygen atoms in total. The van der Waals surface area contributed by atoms with E-state index in [1.54, 1.807) is 0 Å². The minimum atomic E-state index is -0.473. The lowest BCUT2D eigenvalue weighted by Gasteiger charge is -2.50. The first-order valence-corrected chi connectivity index (χ1v) is 24.7. The smallest absolute Gasteiger partial charge is 0.107 e. The van der Waals surface area contributed by atoms with Crippen LogP contribution in [0.2, 0.25) is 0 Å². The summed E-state index contributed by atoms with van der Waals surface area (Å²) in [6.07, 6.45) is 12.9. The molecule has 56 heavy (non-hydrogen) atoms. The van der Waals surface area contributed by atoms with Crippen LogP contribution in [0.4, 0.5) is 0 Å². The van der Waals surface area contributed by atoms with Gasteiger partial charge in [0.15, 0.2) is 0 Å². The van der Waals surface area contributed by atoms with E-state index in [1.165, 1.54) is 129 Å². The van der Waals surface area contributed by atoms with Crippen LogP contribution in [0.25, 0.3) is 0 Å². The number of hydrogen-bond donors (Lipinski definition) is 4. The Labute approximate surface area is 359 Å². The lowest BCUT2D eigenvalue weighted by molar-refractivity contribution is -0.133. The fraction of sp³-hybridized carbons (Fsp3) is 1.00. The average molecular weight is 861 g/mol. The molecule has 18 fully saturated rings. The summed E-state index contributed by atoms with van der Waals surface area (Å²) in [5, 5.41) is 20.1. The number of fused-ring (bicyclic) bond motifs is 12. The number of epoxide rings is 2. The second kappa shape index (κ2) is 17.6. The molecule has 3 spiro atoms. The number of rotatable bonds is 2. The Morgan fingerprint density at radius 1 is 0.500 bits per heavy atom. The van der Waals surface area contributed by atoms with Gasteiger partial charge in [0.2, 0.25) is 0 Å². The van der Waals surface area contributed by atoms with E-state index < -0.39 is 11.2 Å². The van der Waals surface area contributed by atoms with Crippen molar-refractivity contribution in [1.29, 1.82) is 0 Å². The molecule has 0 saturated carbocycles. The highest BCUT2D eigenvalue weighted by atomic mass is 35.5. The van der Waals surface area contributed by atoms with Crippen molar-refractivity contribution in [3.05, 3.63) is 0 Å². The molecule has 18 aliphatic rings. The van der Waals surface area contributed by atoms with Gasteiger partial charge in [-0.15, -0.1) is 24.2 Å². The second-order valence-corrected chi connectivity index (χ2v) is 22.0. The van der Waals surface area contributed by atoms with Crippen molar-refractivity contribution in [3.63, 3.8) is 0 Å². The number of thiol groups is 2. The Balaban J connectivity index is 0.0000000983. The summed E-state index contributed by atoms with van der Waals surface area (Å²) in [7, 11) is 0. The predicted molar refractivity (Wildman–Crippen MR) is 234 cm³/mol. The summed E-state index contributed by atoms with van der Waals surface area (Å²) in [6.45, 7) is 22.3. The number of hydrogen-bond acceptors (Lipinski definition) is 13. The first-order valence-electron chi connectivity index (χ1n) is 22.4. The molecule has 18 heterocycles. The minimum absolute atomic E-state index is 0. The number of aliphatic hydroxyl groups is 2. The van der Waals surface area contributed by atoms with Gasteiger partial charge in [0, 0.05) is 50.0 Å². The van der Waals surface area contributed by atoms with Gasteiger partial charge in [-0.25, -0.2) is 0 Å². The molecule has 0 aromatic heterocycles. The minimum Gasteiger partial charge on any atom is -0.387 e. The van der Waals surface area contributed by atoms with E-state index in [1.807, 2.05) is 11.8 Å². The number of nitrogens with zero attached hydrogens (tertiary/aromatic N) is 5. The first-order chi connectivity index (χ1) is 26.6. The lowest BCUT2D eigenvalue weighted by Crippen LogP contribution is -2.60. The molecule has 14 heteroatoms. The maximum atomic E-state index is 10.1. The fourth-order valence-electron chi connectivity index (χ4n) is 12.8. The molecule has 0 amide bonds. The van der Waals surface area contributed by atoms with Gasteiger partial charge in [0.05, 0.1) is 30.0 Å². The summed E-state index contributed by atoms with van der Waals surface area (Å²) in [5.74, 6) is 6.19. The molecular formula is C42H74ClN5O5S3. The molecule has 0 aromatic carbocycles. The Hall–Kier alpha value is 0.940. The van der Waals surface area contributed by atoms with Crippen LogP contribution in [0.15, 0.2) is 0 Å². The summed E-state index contributed by atoms with van der Waals surface area (Å²) < 4.78 is 17.2. The molecule has 322 valence electrons. The van der Waals surface area contributed by atoms with E-state index in [4.69, 9.17) is 14.2 Å². The van der Waals surface area contributed by atoms with E-state index >= 15 is 0 Å². The van der Waals surface area contributed by atoms with Gasteiger partial charge >= 0.3 is 0 Å². The van der Waals surface area contributed by atoms with E-state index in [9.17, 15) is 10.2 Å². The first kappa shape index (κ1) is 43.6. The molecular weight excluding hydrogens is 786 g/mol. The summed E-state index contributed by atoms with van der Waals surface area (Å²) in [5.41, 5.74) is 0.479. The largest absolute Gasteiger partial charge is 0.387 e. The Morgan fingerprint density at radius 3 is 0.946 bits per heavy atom. The van der Waals surface area contributed by atoms with Crippen LogP contribution in [0.5, 0.6) is 0 Å². The Kier molecular flexibility index (Phi) is 13.7. The third-order valence-corrected chi connectivity index (χ3v) is 19.0. The molecule has 6 unspecified atom stereocenters. The van der Waals surface area contributed by atoms with Gasteiger partial charge in [0.25, 0.3) is 0 Å². The average Bonchev–Trinajstić information content (AvgIpc) is 4.15. The highest BCUT2D eigenvalue weighted by molar-refractivity contribution is 8.00. The van der Waals surface area contributed by atoms with Crippen LogP contribution in [0.3, 0.4) is 0 Å². The van der Waals surface area contributed by atoms with Crippen LogP contribution in [-0.4, -0.2) is 197 Å². The second-order valence-electron chi connectivity index (χ2n) is 20.0. The SMILES string of the molecule is C1CN2CCC1C1(CO1)C2.C1CN2CCC1C1(CO1)C2.CC1OC2(CS1)CN1CCC2CC1.Cl.OC1(CS)CN2CCC1CC2.OC1(CS)CN2CCC1CC2. The number of thioether (sulfide) groups is 1. The summed E-state index contributed by atoms with van der Waals surface area (Å²) in [6, 6.07) is 0. The quantitative estimate of drug-likeness (QED) is 0.243. The van der Waals surface area contributed by atoms with E-state index in [0.717, 1.165) is 69.7 Å². The monoisotopic (exact) mass is 859 g/mol. The van der Waals surface area contributed by atoms with Gasteiger partial charge in [0.1, 0.15) is 16.6 Å². The molecule has 6 atom stereocenters. The third kappa shape index (κ3) is 9.04. The molecule has 0 radical (unpaired) electrons. The van der Waals surface area contributed by atoms with Crippen molar-refractivity contribution in [1.82, 2.24) is 24.5 Å². The van der Waals surface area contributed by atoms with Crippen LogP contribution in [-0.2, 0) is 14.2 Å². The maximum Gasteiger partial charge on any atom is 0.107 e. The van der Waals surface area contributed by atoms with Gasteiger partial charge in [-0.05, 0) is 166 Å². The highest BCUT2D eigenvalue weighted by Crippen LogP contribution is 2.48. The molecule has 18 rings (SSSR count). The third-order valence-electron chi connectivity index (χ3n) is 16.7. The zero-order valence-electron chi connectivity index (χ0n) is 34.2. The van der Waals surface area contributed by atoms with Crippen molar-refractivity contribution in [2.45, 2.75) is 105 Å². The molecule has 0 aromatic rings. The van der Waals surface area contributed by atoms with Crippen molar-refractivity contribution in [2.24, 2.45) is 29.6 Å². The van der Waals surface area contributed by atoms with Crippen LogP contribution >= 0.6 is 49.4 Å². The normalized spacial score (nSPS) is 52.8. The van der Waals surface area contributed by atoms with Crippen molar-refractivity contribution in [3.8, 4) is 0 Å². The standard InChI is InChI=1S/C10H17NOS.2C8H15NOS.2C8H13NO.ClH/c1-8-12-10(7-13-8)6-11-4-2-9(10)3-5-11;2*10-8(6-11)5-9-3-1-7(8)2-4-9;2*1-3-9-4-2-7(1)8(5-9)6-10-8;/h8-9H,2-7H2,1H3;2*7,10-11H,1-6H2;2*7H,1-6H2;1H. The zero-order valence-corrected chi connectivity index (χ0v) is 37.7.